The van der Waals surface area contributed by atoms with Crippen LogP contribution in [-0.2, 0) is 9.59 Å². The zero-order valence-electron chi connectivity index (χ0n) is 13.2. The number of imide groups is 1. The van der Waals surface area contributed by atoms with Gasteiger partial charge in [-0.15, -0.1) is 11.3 Å². The van der Waals surface area contributed by atoms with Crippen LogP contribution in [0.1, 0.15) is 9.75 Å². The first-order valence-corrected chi connectivity index (χ1v) is 8.21. The van der Waals surface area contributed by atoms with Crippen molar-refractivity contribution in [2.24, 2.45) is 0 Å². The van der Waals surface area contributed by atoms with Crippen molar-refractivity contribution in [1.82, 2.24) is 10.2 Å². The van der Waals surface area contributed by atoms with Gasteiger partial charge in [0.1, 0.15) is 18.1 Å². The Hall–Kier alpha value is -3.00. The number of nitrogens with zero attached hydrogens (tertiary/aromatic N) is 1. The van der Waals surface area contributed by atoms with E-state index in [1.807, 2.05) is 19.1 Å². The molecule has 0 bridgehead atoms. The van der Waals surface area contributed by atoms with Gasteiger partial charge in [-0.05, 0) is 37.3 Å². The number of urea groups is 1. The molecule has 0 radical (unpaired) electrons. The van der Waals surface area contributed by atoms with Crippen LogP contribution in [0.3, 0.4) is 0 Å². The number of aryl methyl sites for hydroxylation is 1. The van der Waals surface area contributed by atoms with Gasteiger partial charge in [-0.2, -0.15) is 0 Å². The first kappa shape index (κ1) is 16.8. The largest absolute Gasteiger partial charge is 0.329 e. The first-order chi connectivity index (χ1) is 11.9. The summed E-state index contributed by atoms with van der Waals surface area (Å²) in [6.07, 6.45) is 1.56. The molecule has 0 atom stereocenters. The van der Waals surface area contributed by atoms with Crippen LogP contribution >= 0.6 is 11.3 Å². The molecule has 0 unspecified atom stereocenters. The summed E-state index contributed by atoms with van der Waals surface area (Å²) in [5.74, 6) is -1.86. The number of rotatable bonds is 4. The molecule has 2 heterocycles. The number of carbonyl (C=O) groups is 3. The first-order valence-electron chi connectivity index (χ1n) is 7.39. The Bertz CT molecular complexity index is 891. The van der Waals surface area contributed by atoms with Crippen LogP contribution in [0.4, 0.5) is 14.9 Å². The maximum atomic E-state index is 13.5. The Morgan fingerprint density at radius 1 is 1.28 bits per heavy atom. The average molecular weight is 359 g/mol. The highest BCUT2D eigenvalue weighted by atomic mass is 32.1. The Kier molecular flexibility index (Phi) is 4.62. The van der Waals surface area contributed by atoms with Gasteiger partial charge in [0.25, 0.3) is 5.91 Å². The van der Waals surface area contributed by atoms with Gasteiger partial charge in [0, 0.05) is 9.75 Å². The number of benzene rings is 1. The predicted molar refractivity (Wildman–Crippen MR) is 92.3 cm³/mol. The third-order valence-electron chi connectivity index (χ3n) is 3.46. The number of amides is 4. The van der Waals surface area contributed by atoms with Crippen molar-refractivity contribution in [1.29, 1.82) is 0 Å². The molecule has 1 saturated heterocycles. The molecule has 128 valence electrons. The number of hydrogen-bond acceptors (Lipinski definition) is 4. The maximum Gasteiger partial charge on any atom is 0.329 e. The van der Waals surface area contributed by atoms with Crippen molar-refractivity contribution >= 4 is 40.9 Å². The summed E-state index contributed by atoms with van der Waals surface area (Å²) < 4.78 is 13.5. The van der Waals surface area contributed by atoms with Crippen LogP contribution in [0.2, 0.25) is 0 Å². The van der Waals surface area contributed by atoms with Crippen molar-refractivity contribution in [3.8, 4) is 0 Å². The van der Waals surface area contributed by atoms with Crippen molar-refractivity contribution in [2.45, 2.75) is 6.92 Å². The van der Waals surface area contributed by atoms with E-state index in [2.05, 4.69) is 10.6 Å². The zero-order chi connectivity index (χ0) is 18.0. The molecule has 3 rings (SSSR count). The monoisotopic (exact) mass is 359 g/mol. The second-order valence-corrected chi connectivity index (χ2v) is 6.68. The second-order valence-electron chi connectivity index (χ2n) is 5.36. The van der Waals surface area contributed by atoms with Gasteiger partial charge in [-0.25, -0.2) is 14.1 Å². The van der Waals surface area contributed by atoms with Crippen LogP contribution in [-0.4, -0.2) is 29.3 Å². The van der Waals surface area contributed by atoms with Gasteiger partial charge >= 0.3 is 6.03 Å². The SMILES string of the molecule is Cc1ccc(/C=C2/NC(=O)N(CC(=O)Nc3ccccc3F)C2=O)s1. The molecule has 1 aliphatic rings. The Labute approximate surface area is 146 Å². The lowest BCUT2D eigenvalue weighted by Crippen LogP contribution is -2.38. The standard InChI is InChI=1S/C17H14FN3O3S/c1-10-6-7-11(25-10)8-14-16(23)21(17(24)20-14)9-15(22)19-13-5-3-2-4-12(13)18/h2-8H,9H2,1H3,(H,19,22)(H,20,24)/b14-8+. The Morgan fingerprint density at radius 2 is 2.04 bits per heavy atom. The van der Waals surface area contributed by atoms with E-state index in [9.17, 15) is 18.8 Å². The molecule has 0 aliphatic carbocycles. The summed E-state index contributed by atoms with van der Waals surface area (Å²) in [5.41, 5.74) is 0.0925. The summed E-state index contributed by atoms with van der Waals surface area (Å²) in [4.78, 5) is 38.9. The summed E-state index contributed by atoms with van der Waals surface area (Å²) >= 11 is 1.48. The Balaban J connectivity index is 1.69. The van der Waals surface area contributed by atoms with E-state index in [-0.39, 0.29) is 11.4 Å². The highest BCUT2D eigenvalue weighted by molar-refractivity contribution is 7.12. The van der Waals surface area contributed by atoms with Crippen molar-refractivity contribution in [3.63, 3.8) is 0 Å². The highest BCUT2D eigenvalue weighted by Gasteiger charge is 2.35. The van der Waals surface area contributed by atoms with Crippen LogP contribution in [0.25, 0.3) is 6.08 Å². The van der Waals surface area contributed by atoms with Gasteiger partial charge in [0.05, 0.1) is 5.69 Å². The van der Waals surface area contributed by atoms with Crippen LogP contribution in [0.5, 0.6) is 0 Å². The summed E-state index contributed by atoms with van der Waals surface area (Å²) in [6.45, 7) is 1.43. The molecule has 1 fully saturated rings. The minimum absolute atomic E-state index is 0.00983. The molecular weight excluding hydrogens is 345 g/mol. The van der Waals surface area contributed by atoms with E-state index < -0.39 is 30.2 Å². The topological polar surface area (TPSA) is 78.5 Å². The molecule has 4 amide bonds. The van der Waals surface area contributed by atoms with Crippen LogP contribution in [0.15, 0.2) is 42.1 Å². The van der Waals surface area contributed by atoms with E-state index >= 15 is 0 Å². The van der Waals surface area contributed by atoms with Crippen molar-refractivity contribution < 1.29 is 18.8 Å². The fourth-order valence-electron chi connectivity index (χ4n) is 2.28. The van der Waals surface area contributed by atoms with Crippen LogP contribution < -0.4 is 10.6 Å². The highest BCUT2D eigenvalue weighted by Crippen LogP contribution is 2.20. The Morgan fingerprint density at radius 3 is 2.72 bits per heavy atom. The van der Waals surface area contributed by atoms with Gasteiger partial charge in [0.15, 0.2) is 0 Å². The quantitative estimate of drug-likeness (QED) is 0.651. The molecule has 1 aromatic heterocycles. The number of anilines is 1. The van der Waals surface area contributed by atoms with E-state index in [0.29, 0.717) is 0 Å². The number of para-hydroxylation sites is 1. The number of hydrogen-bond donors (Lipinski definition) is 2. The second kappa shape index (κ2) is 6.86. The lowest BCUT2D eigenvalue weighted by atomic mass is 10.3. The van der Waals surface area contributed by atoms with Gasteiger partial charge in [-0.3, -0.25) is 9.59 Å². The predicted octanol–water partition coefficient (Wildman–Crippen LogP) is 2.73. The summed E-state index contributed by atoms with van der Waals surface area (Å²) in [6, 6.07) is 8.70. The third-order valence-corrected chi connectivity index (χ3v) is 4.41. The van der Waals surface area contributed by atoms with E-state index in [1.165, 1.54) is 29.5 Å². The minimum atomic E-state index is -0.687. The molecule has 0 spiro atoms. The summed E-state index contributed by atoms with van der Waals surface area (Å²) in [5, 5.41) is 4.78. The van der Waals surface area contributed by atoms with Gasteiger partial charge in [-0.1, -0.05) is 12.1 Å². The molecule has 1 aliphatic heterocycles. The minimum Gasteiger partial charge on any atom is -0.322 e. The third kappa shape index (κ3) is 3.74. The van der Waals surface area contributed by atoms with Crippen molar-refractivity contribution in [2.75, 3.05) is 11.9 Å². The lowest BCUT2D eigenvalue weighted by molar-refractivity contribution is -0.127. The molecule has 8 heteroatoms. The molecule has 0 saturated carbocycles. The number of halogens is 1. The molecule has 6 nitrogen and oxygen atoms in total. The maximum absolute atomic E-state index is 13.5. The van der Waals surface area contributed by atoms with Crippen LogP contribution in [0, 0.1) is 12.7 Å². The molecular formula is C17H14FN3O3S. The molecule has 25 heavy (non-hydrogen) atoms. The van der Waals surface area contributed by atoms with E-state index in [1.54, 1.807) is 12.1 Å². The molecule has 2 aromatic rings. The fraction of sp³-hybridized carbons (Fsp3) is 0.118. The molecule has 2 N–H and O–H groups in total. The number of thiophene rings is 1. The van der Waals surface area contributed by atoms with E-state index in [4.69, 9.17) is 0 Å². The molecule has 1 aromatic carbocycles. The summed E-state index contributed by atoms with van der Waals surface area (Å²) in [7, 11) is 0. The fourth-order valence-corrected chi connectivity index (χ4v) is 3.11. The van der Waals surface area contributed by atoms with Gasteiger partial charge in [0.2, 0.25) is 5.91 Å². The number of carbonyl (C=O) groups excluding carboxylic acids is 3. The number of nitrogens with one attached hydrogen (secondary N) is 2. The van der Waals surface area contributed by atoms with Crippen molar-refractivity contribution in [3.05, 3.63) is 57.7 Å². The lowest BCUT2D eigenvalue weighted by Gasteiger charge is -2.12. The van der Waals surface area contributed by atoms with E-state index in [0.717, 1.165) is 14.7 Å². The normalized spacial score (nSPS) is 15.6. The van der Waals surface area contributed by atoms with Gasteiger partial charge < -0.3 is 10.6 Å². The average Bonchev–Trinajstić information content (AvgIpc) is 3.08. The smallest absolute Gasteiger partial charge is 0.322 e. The zero-order valence-corrected chi connectivity index (χ0v) is 14.0.